The molecule has 3 heterocycles. The number of amides is 1. The average Bonchev–Trinajstić information content (AvgIpc) is 3.34. The molecule has 0 radical (unpaired) electrons. The van der Waals surface area contributed by atoms with Crippen molar-refractivity contribution in [1.82, 2.24) is 24.6 Å². The van der Waals surface area contributed by atoms with Crippen molar-refractivity contribution in [1.29, 1.82) is 0 Å². The zero-order chi connectivity index (χ0) is 22.9. The molecule has 8 nitrogen and oxygen atoms in total. The molecule has 0 aliphatic carbocycles. The van der Waals surface area contributed by atoms with Crippen molar-refractivity contribution in [3.8, 4) is 11.3 Å². The predicted octanol–water partition coefficient (Wildman–Crippen LogP) is 5.00. The first-order valence-corrected chi connectivity index (χ1v) is 10.9. The monoisotopic (exact) mass is 459 g/mol. The molecule has 33 heavy (non-hydrogen) atoms. The number of halogens is 1. The highest BCUT2D eigenvalue weighted by Gasteiger charge is 2.14. The normalized spacial score (nSPS) is 11.0. The molecule has 5 aromatic rings. The smallest absolute Gasteiger partial charge is 0.258 e. The second kappa shape index (κ2) is 8.40. The van der Waals surface area contributed by atoms with E-state index in [2.05, 4.69) is 30.7 Å². The third-order valence-corrected chi connectivity index (χ3v) is 5.65. The minimum atomic E-state index is -0.328. The summed E-state index contributed by atoms with van der Waals surface area (Å²) in [6, 6.07) is 15.0. The summed E-state index contributed by atoms with van der Waals surface area (Å²) in [4.78, 5) is 26.4. The molecule has 0 aliphatic rings. The van der Waals surface area contributed by atoms with Crippen molar-refractivity contribution >= 4 is 39.8 Å². The molecule has 0 saturated carbocycles. The first-order valence-electron chi connectivity index (χ1n) is 10.1. The predicted molar refractivity (Wildman–Crippen MR) is 125 cm³/mol. The van der Waals surface area contributed by atoms with Crippen LogP contribution in [0, 0.1) is 19.7 Å². The van der Waals surface area contributed by atoms with Gasteiger partial charge in [0.25, 0.3) is 11.9 Å². The molecule has 5 rings (SSSR count). The molecule has 0 unspecified atom stereocenters. The Hall–Kier alpha value is -4.18. The highest BCUT2D eigenvalue weighted by molar-refractivity contribution is 7.15. The highest BCUT2D eigenvalue weighted by Crippen LogP contribution is 2.26. The molecule has 10 heteroatoms. The Labute approximate surface area is 192 Å². The molecule has 0 bridgehead atoms. The first kappa shape index (κ1) is 20.7. The van der Waals surface area contributed by atoms with Crippen LogP contribution in [-0.4, -0.2) is 30.5 Å². The van der Waals surface area contributed by atoms with E-state index in [1.54, 1.807) is 40.9 Å². The molecular weight excluding hydrogens is 441 g/mol. The molecule has 3 aromatic heterocycles. The van der Waals surface area contributed by atoms with Crippen molar-refractivity contribution in [2.45, 2.75) is 13.8 Å². The Morgan fingerprint density at radius 3 is 2.33 bits per heavy atom. The minimum absolute atomic E-state index is 0.195. The van der Waals surface area contributed by atoms with Gasteiger partial charge in [-0.1, -0.05) is 0 Å². The van der Waals surface area contributed by atoms with Gasteiger partial charge in [0.05, 0.1) is 5.69 Å². The number of thiazole rings is 1. The third kappa shape index (κ3) is 4.41. The lowest BCUT2D eigenvalue weighted by atomic mass is 10.2. The van der Waals surface area contributed by atoms with Gasteiger partial charge >= 0.3 is 0 Å². The van der Waals surface area contributed by atoms with Gasteiger partial charge in [0.15, 0.2) is 0 Å². The van der Waals surface area contributed by atoms with Gasteiger partial charge in [-0.25, -0.2) is 18.9 Å². The number of hydrogen-bond donors (Lipinski definition) is 2. The van der Waals surface area contributed by atoms with Crippen LogP contribution in [0.3, 0.4) is 0 Å². The van der Waals surface area contributed by atoms with Crippen LogP contribution in [0.4, 0.5) is 22.0 Å². The lowest BCUT2D eigenvalue weighted by molar-refractivity contribution is 0.102. The number of anilines is 3. The van der Waals surface area contributed by atoms with Crippen LogP contribution in [0.5, 0.6) is 0 Å². The second-order valence-electron chi connectivity index (χ2n) is 7.39. The van der Waals surface area contributed by atoms with E-state index in [0.717, 1.165) is 28.3 Å². The van der Waals surface area contributed by atoms with E-state index in [1.165, 1.54) is 23.5 Å². The fourth-order valence-electron chi connectivity index (χ4n) is 3.34. The molecule has 0 atom stereocenters. The van der Waals surface area contributed by atoms with E-state index >= 15 is 0 Å². The molecule has 1 amide bonds. The Morgan fingerprint density at radius 2 is 1.64 bits per heavy atom. The number of aryl methyl sites for hydroxylation is 2. The number of nitrogens with one attached hydrogen (secondary N) is 2. The van der Waals surface area contributed by atoms with E-state index in [4.69, 9.17) is 0 Å². The number of aromatic nitrogens is 5. The Morgan fingerprint density at radius 1 is 0.939 bits per heavy atom. The summed E-state index contributed by atoms with van der Waals surface area (Å²) >= 11 is 1.39. The van der Waals surface area contributed by atoms with Gasteiger partial charge in [-0.05, 0) is 68.4 Å². The van der Waals surface area contributed by atoms with Gasteiger partial charge in [0.2, 0.25) is 10.9 Å². The molecule has 2 N–H and O–H groups in total. The number of benzene rings is 2. The highest BCUT2D eigenvalue weighted by atomic mass is 32.1. The lowest BCUT2D eigenvalue weighted by Gasteiger charge is -2.07. The van der Waals surface area contributed by atoms with Crippen molar-refractivity contribution in [3.63, 3.8) is 0 Å². The summed E-state index contributed by atoms with van der Waals surface area (Å²) in [6.07, 6.45) is 0. The van der Waals surface area contributed by atoms with E-state index < -0.39 is 0 Å². The van der Waals surface area contributed by atoms with Crippen LogP contribution in [0.15, 0.2) is 60.0 Å². The molecule has 0 aliphatic heterocycles. The lowest BCUT2D eigenvalue weighted by Crippen LogP contribution is -2.13. The number of rotatable bonds is 5. The van der Waals surface area contributed by atoms with Crippen LogP contribution in [0.2, 0.25) is 0 Å². The van der Waals surface area contributed by atoms with Crippen LogP contribution in [-0.2, 0) is 0 Å². The van der Waals surface area contributed by atoms with Crippen molar-refractivity contribution < 1.29 is 9.18 Å². The van der Waals surface area contributed by atoms with Crippen LogP contribution >= 0.6 is 11.3 Å². The molecule has 164 valence electrons. The fourth-order valence-corrected chi connectivity index (χ4v) is 4.17. The number of hydrogen-bond acceptors (Lipinski definition) is 7. The Balaban J connectivity index is 1.30. The van der Waals surface area contributed by atoms with Crippen LogP contribution in [0.1, 0.15) is 21.7 Å². The van der Waals surface area contributed by atoms with E-state index in [1.807, 2.05) is 25.3 Å². The minimum Gasteiger partial charge on any atom is -0.324 e. The Bertz CT molecular complexity index is 1440. The maximum atomic E-state index is 13.2. The van der Waals surface area contributed by atoms with Gasteiger partial charge in [-0.3, -0.25) is 10.1 Å². The third-order valence-electron chi connectivity index (χ3n) is 4.83. The topological polar surface area (TPSA) is 97.1 Å². The average molecular weight is 460 g/mol. The zero-order valence-corrected chi connectivity index (χ0v) is 18.5. The molecule has 0 spiro atoms. The summed E-state index contributed by atoms with van der Waals surface area (Å²) in [5, 5.41) is 12.1. The van der Waals surface area contributed by atoms with Gasteiger partial charge in [0.1, 0.15) is 5.82 Å². The summed E-state index contributed by atoms with van der Waals surface area (Å²) in [7, 11) is 0. The SMILES string of the molecule is Cc1cc(C)nc(Nc2ccc(C(=O)Nc3nc4scc(-c5ccc(F)cc5)n4n3)cc2)n1. The van der Waals surface area contributed by atoms with Gasteiger partial charge in [-0.2, -0.15) is 4.98 Å². The molecular formula is C23H18FN7OS. The van der Waals surface area contributed by atoms with Gasteiger partial charge < -0.3 is 5.32 Å². The van der Waals surface area contributed by atoms with E-state index in [0.29, 0.717) is 16.5 Å². The summed E-state index contributed by atoms with van der Waals surface area (Å²) in [6.45, 7) is 3.81. The van der Waals surface area contributed by atoms with Crippen molar-refractivity contribution in [2.24, 2.45) is 0 Å². The van der Waals surface area contributed by atoms with E-state index in [-0.39, 0.29) is 17.7 Å². The summed E-state index contributed by atoms with van der Waals surface area (Å²) < 4.78 is 14.9. The second-order valence-corrected chi connectivity index (χ2v) is 8.22. The van der Waals surface area contributed by atoms with Crippen LogP contribution in [0.25, 0.3) is 16.2 Å². The zero-order valence-electron chi connectivity index (χ0n) is 17.7. The maximum Gasteiger partial charge on any atom is 0.258 e. The number of carbonyl (C=O) groups is 1. The van der Waals surface area contributed by atoms with E-state index in [9.17, 15) is 9.18 Å². The van der Waals surface area contributed by atoms with Crippen LogP contribution < -0.4 is 10.6 Å². The number of fused-ring (bicyclic) bond motifs is 1. The standard InChI is InChI=1S/C23H18FN7OS/c1-13-11-14(2)26-21(25-13)27-18-9-5-16(6-10-18)20(32)28-22-29-23-31(30-22)19(12-33-23)15-3-7-17(24)8-4-15/h3-12H,1-2H3,(H,25,26,27)(H,28,30,32). The van der Waals surface area contributed by atoms with Crippen molar-refractivity contribution in [3.05, 3.63) is 82.7 Å². The Kier molecular flexibility index (Phi) is 5.27. The van der Waals surface area contributed by atoms with Gasteiger partial charge in [0, 0.05) is 33.6 Å². The molecule has 0 saturated heterocycles. The quantitative estimate of drug-likeness (QED) is 0.384. The summed E-state index contributed by atoms with van der Waals surface area (Å²) in [5.74, 6) is 0.0651. The summed E-state index contributed by atoms with van der Waals surface area (Å²) in [5.41, 5.74) is 4.54. The molecule has 0 fully saturated rings. The van der Waals surface area contributed by atoms with Gasteiger partial charge in [-0.15, -0.1) is 16.4 Å². The number of nitrogens with zero attached hydrogens (tertiary/aromatic N) is 5. The number of carbonyl (C=O) groups excluding carboxylic acids is 1. The maximum absolute atomic E-state index is 13.2. The van der Waals surface area contributed by atoms with Crippen molar-refractivity contribution in [2.75, 3.05) is 10.6 Å². The molecule has 2 aromatic carbocycles. The largest absolute Gasteiger partial charge is 0.324 e. The first-order chi connectivity index (χ1) is 15.9. The fraction of sp³-hybridized carbons (Fsp3) is 0.0870.